The molecular formula is C7H8Cl2N2O2Zn. The smallest absolute Gasteiger partial charge is 1.00 e. The van der Waals surface area contributed by atoms with Crippen LogP contribution in [-0.4, -0.2) is 22.7 Å². The van der Waals surface area contributed by atoms with Gasteiger partial charge in [-0.15, -0.1) is 0 Å². The Morgan fingerprint density at radius 2 is 2.00 bits per heavy atom. The molecule has 1 rings (SSSR count). The molecule has 0 aromatic rings. The van der Waals surface area contributed by atoms with Crippen LogP contribution in [0.3, 0.4) is 0 Å². The molecule has 0 spiro atoms. The Bertz CT molecular complexity index is 285. The number of nitrogens with zero attached hydrogens (tertiary/aromatic N) is 2. The summed E-state index contributed by atoms with van der Waals surface area (Å²) in [7, 11) is 1.46. The van der Waals surface area contributed by atoms with Crippen LogP contribution < -0.4 is 24.8 Å². The number of hydrogen-bond acceptors (Lipinski definition) is 2. The van der Waals surface area contributed by atoms with E-state index in [9.17, 15) is 0 Å². The van der Waals surface area contributed by atoms with Crippen molar-refractivity contribution in [3.8, 4) is 0 Å². The molecule has 0 saturated carbocycles. The summed E-state index contributed by atoms with van der Waals surface area (Å²) in [5, 5.41) is 9.11. The molecule has 0 fully saturated rings. The Morgan fingerprint density at radius 3 is 2.43 bits per heavy atom. The van der Waals surface area contributed by atoms with E-state index in [0.717, 1.165) is 0 Å². The van der Waals surface area contributed by atoms with Gasteiger partial charge in [0.15, 0.2) is 5.76 Å². The number of aliphatic hydroxyl groups excluding tert-OH is 1. The SMILES string of the molecule is COC1=C(O)C=CC(=[N+]=[N-])C1.[Cl-].[Cl-].[Zn+2]. The minimum absolute atomic E-state index is 0. The van der Waals surface area contributed by atoms with E-state index >= 15 is 0 Å². The average molecular weight is 288 g/mol. The molecule has 14 heavy (non-hydrogen) atoms. The molecule has 0 unspecified atom stereocenters. The van der Waals surface area contributed by atoms with Crippen LogP contribution in [-0.2, 0) is 24.2 Å². The summed E-state index contributed by atoms with van der Waals surface area (Å²) in [6, 6.07) is 0. The Hall–Kier alpha value is -0.337. The van der Waals surface area contributed by atoms with Crippen molar-refractivity contribution in [2.24, 2.45) is 0 Å². The number of hydrogen-bond donors (Lipinski definition) is 1. The first-order chi connectivity index (χ1) is 5.27. The molecule has 74 valence electrons. The molecule has 4 nitrogen and oxygen atoms in total. The molecule has 0 radical (unpaired) electrons. The normalized spacial score (nSPS) is 13.1. The van der Waals surface area contributed by atoms with Crippen molar-refractivity contribution in [2.75, 3.05) is 7.11 Å². The summed E-state index contributed by atoms with van der Waals surface area (Å²) in [4.78, 5) is 2.98. The van der Waals surface area contributed by atoms with E-state index in [2.05, 4.69) is 4.79 Å². The van der Waals surface area contributed by atoms with Gasteiger partial charge in [0.2, 0.25) is 0 Å². The molecule has 1 aliphatic carbocycles. The van der Waals surface area contributed by atoms with Gasteiger partial charge in [0.25, 0.3) is 5.71 Å². The fourth-order valence-corrected chi connectivity index (χ4v) is 0.827. The Morgan fingerprint density at radius 1 is 1.43 bits per heavy atom. The van der Waals surface area contributed by atoms with Gasteiger partial charge in [0, 0.05) is 6.08 Å². The van der Waals surface area contributed by atoms with Crippen LogP contribution in [0.25, 0.3) is 5.53 Å². The van der Waals surface area contributed by atoms with E-state index in [1.807, 2.05) is 0 Å². The maximum atomic E-state index is 9.11. The number of allylic oxidation sites excluding steroid dienone is 3. The average Bonchev–Trinajstić information content (AvgIpc) is 2.05. The van der Waals surface area contributed by atoms with Crippen LogP contribution in [0, 0.1) is 0 Å². The molecule has 1 aliphatic rings. The van der Waals surface area contributed by atoms with Crippen molar-refractivity contribution in [3.05, 3.63) is 29.2 Å². The van der Waals surface area contributed by atoms with Crippen molar-refractivity contribution in [1.82, 2.24) is 0 Å². The second-order valence-corrected chi connectivity index (χ2v) is 2.11. The summed E-state index contributed by atoms with van der Waals surface area (Å²) in [6.07, 6.45) is 3.28. The van der Waals surface area contributed by atoms with Crippen LogP contribution >= 0.6 is 0 Å². The van der Waals surface area contributed by atoms with Gasteiger partial charge in [0.05, 0.1) is 7.11 Å². The number of ether oxygens (including phenoxy) is 1. The Labute approximate surface area is 107 Å². The second-order valence-electron chi connectivity index (χ2n) is 2.11. The molecule has 0 bridgehead atoms. The zero-order chi connectivity index (χ0) is 8.27. The second kappa shape index (κ2) is 9.23. The summed E-state index contributed by atoms with van der Waals surface area (Å²) < 4.78 is 4.82. The fraction of sp³-hybridized carbons (Fsp3) is 0.286. The molecule has 0 aliphatic heterocycles. The van der Waals surface area contributed by atoms with Crippen molar-refractivity contribution < 1.29 is 58.9 Å². The quantitative estimate of drug-likeness (QED) is 0.298. The van der Waals surface area contributed by atoms with Crippen molar-refractivity contribution >= 4 is 5.71 Å². The summed E-state index contributed by atoms with van der Waals surface area (Å²) in [6.45, 7) is 0. The molecule has 0 heterocycles. The molecule has 0 amide bonds. The van der Waals surface area contributed by atoms with Gasteiger partial charge in [-0.25, -0.2) is 0 Å². The third kappa shape index (κ3) is 4.78. The van der Waals surface area contributed by atoms with Gasteiger partial charge in [-0.05, 0) is 6.08 Å². The first kappa shape index (κ1) is 19.3. The third-order valence-corrected chi connectivity index (χ3v) is 1.44. The first-order valence-corrected chi connectivity index (χ1v) is 3.13. The Kier molecular flexibility index (Phi) is 12.7. The van der Waals surface area contributed by atoms with E-state index in [4.69, 9.17) is 15.4 Å². The zero-order valence-corrected chi connectivity index (χ0v) is 12.1. The predicted octanol–water partition coefficient (Wildman–Crippen LogP) is -4.96. The number of rotatable bonds is 1. The summed E-state index contributed by atoms with van der Waals surface area (Å²) in [5.74, 6) is 0.500. The number of halogens is 2. The van der Waals surface area contributed by atoms with Gasteiger partial charge in [-0.3, -0.25) is 0 Å². The molecule has 0 atom stereocenters. The van der Waals surface area contributed by atoms with Crippen LogP contribution in [0.4, 0.5) is 0 Å². The number of aliphatic hydroxyl groups is 1. The van der Waals surface area contributed by atoms with Gasteiger partial charge >= 0.3 is 19.5 Å². The van der Waals surface area contributed by atoms with E-state index in [1.165, 1.54) is 19.3 Å². The van der Waals surface area contributed by atoms with E-state index in [-0.39, 0.29) is 50.1 Å². The van der Waals surface area contributed by atoms with Gasteiger partial charge < -0.3 is 40.2 Å². The van der Waals surface area contributed by atoms with Crippen molar-refractivity contribution in [3.63, 3.8) is 0 Å². The zero-order valence-electron chi connectivity index (χ0n) is 7.57. The first-order valence-electron chi connectivity index (χ1n) is 3.13. The van der Waals surface area contributed by atoms with Gasteiger partial charge in [0.1, 0.15) is 12.2 Å². The predicted molar refractivity (Wildman–Crippen MR) is 39.0 cm³/mol. The van der Waals surface area contributed by atoms with E-state index < -0.39 is 0 Å². The fourth-order valence-electron chi connectivity index (χ4n) is 0.827. The topological polar surface area (TPSA) is 65.9 Å². The number of methoxy groups -OCH3 is 1. The molecule has 0 aromatic carbocycles. The van der Waals surface area contributed by atoms with Crippen LogP contribution in [0.15, 0.2) is 23.7 Å². The van der Waals surface area contributed by atoms with Crippen molar-refractivity contribution in [1.29, 1.82) is 0 Å². The minimum Gasteiger partial charge on any atom is -1.00 e. The maximum absolute atomic E-state index is 9.11. The monoisotopic (exact) mass is 286 g/mol. The molecular weight excluding hydrogens is 280 g/mol. The minimum atomic E-state index is 0. The summed E-state index contributed by atoms with van der Waals surface area (Å²) >= 11 is 0. The third-order valence-electron chi connectivity index (χ3n) is 1.44. The van der Waals surface area contributed by atoms with Gasteiger partial charge in [-0.1, -0.05) is 0 Å². The molecule has 0 aromatic heterocycles. The van der Waals surface area contributed by atoms with E-state index in [0.29, 0.717) is 17.9 Å². The van der Waals surface area contributed by atoms with Crippen LogP contribution in [0.2, 0.25) is 0 Å². The molecule has 1 N–H and O–H groups in total. The van der Waals surface area contributed by atoms with Crippen LogP contribution in [0.5, 0.6) is 0 Å². The summed E-state index contributed by atoms with van der Waals surface area (Å²) in [5.41, 5.74) is 8.84. The largest absolute Gasteiger partial charge is 2.00 e. The van der Waals surface area contributed by atoms with Crippen LogP contribution in [0.1, 0.15) is 6.42 Å². The van der Waals surface area contributed by atoms with E-state index in [1.54, 1.807) is 0 Å². The van der Waals surface area contributed by atoms with Gasteiger partial charge in [-0.2, -0.15) is 4.79 Å². The molecule has 0 saturated heterocycles. The standard InChI is InChI=1S/C7H8N2O2.2ClH.Zn/c1-11-7-4-5(9-8)2-3-6(7)10;;;/h2-3,10H,4H2,1H3;2*1H;/q;;;+2/p-2. The Balaban J connectivity index is -0.000000403. The van der Waals surface area contributed by atoms with Crippen molar-refractivity contribution in [2.45, 2.75) is 6.42 Å². The molecule has 7 heteroatoms. The maximum Gasteiger partial charge on any atom is 2.00 e.